The molecular weight excluding hydrogens is 372 g/mol. The van der Waals surface area contributed by atoms with Gasteiger partial charge in [0.1, 0.15) is 23.2 Å². The summed E-state index contributed by atoms with van der Waals surface area (Å²) < 4.78 is 5.79. The molecule has 158 valence electrons. The summed E-state index contributed by atoms with van der Waals surface area (Å²) in [7, 11) is 0. The number of hydrogen-bond donors (Lipinski definition) is 4. The van der Waals surface area contributed by atoms with E-state index in [1.807, 2.05) is 0 Å². The van der Waals surface area contributed by atoms with Crippen LogP contribution >= 0.6 is 0 Å². The Balaban J connectivity index is 1.58. The number of benzene rings is 1. The summed E-state index contributed by atoms with van der Waals surface area (Å²) in [6.45, 7) is 6.04. The summed E-state index contributed by atoms with van der Waals surface area (Å²) >= 11 is 0. The van der Waals surface area contributed by atoms with Crippen molar-refractivity contribution in [3.8, 4) is 11.5 Å². The third kappa shape index (κ3) is 3.04. The third-order valence-corrected chi connectivity index (χ3v) is 7.68. The Bertz CT molecular complexity index is 853. The van der Waals surface area contributed by atoms with Crippen LogP contribution in [0.5, 0.6) is 11.5 Å². The number of aliphatic hydroxyl groups is 2. The summed E-state index contributed by atoms with van der Waals surface area (Å²) in [6, 6.07) is 2.55. The number of phenolic OH excluding ortho intramolecular Hbond substituents is 2. The number of aryl methyl sites for hydroxylation is 1. The van der Waals surface area contributed by atoms with Gasteiger partial charge >= 0.3 is 5.97 Å². The zero-order valence-corrected chi connectivity index (χ0v) is 17.2. The van der Waals surface area contributed by atoms with Crippen LogP contribution in [0.1, 0.15) is 49.0 Å². The average Bonchev–Trinajstić information content (AvgIpc) is 2.97. The first kappa shape index (κ1) is 20.2. The van der Waals surface area contributed by atoms with Crippen molar-refractivity contribution < 1.29 is 30.0 Å². The maximum Gasteiger partial charge on any atom is 0.342 e. The zero-order valence-electron chi connectivity index (χ0n) is 17.2. The molecular formula is C23H30O6. The molecule has 0 bridgehead atoms. The first-order valence-electron chi connectivity index (χ1n) is 10.3. The predicted molar refractivity (Wildman–Crippen MR) is 107 cm³/mol. The van der Waals surface area contributed by atoms with Crippen LogP contribution in [-0.4, -0.2) is 45.7 Å². The molecule has 3 aliphatic carbocycles. The smallest absolute Gasteiger partial charge is 0.342 e. The molecule has 1 unspecified atom stereocenters. The van der Waals surface area contributed by atoms with E-state index in [1.54, 1.807) is 6.92 Å². The van der Waals surface area contributed by atoms with Crippen LogP contribution in [-0.2, 0) is 4.74 Å². The number of hydrogen-bond acceptors (Lipinski definition) is 6. The van der Waals surface area contributed by atoms with Crippen LogP contribution in [0.2, 0.25) is 0 Å². The van der Waals surface area contributed by atoms with E-state index in [9.17, 15) is 25.2 Å². The molecule has 0 spiro atoms. The van der Waals surface area contributed by atoms with E-state index in [-0.39, 0.29) is 53.1 Å². The minimum absolute atomic E-state index is 0.0571. The predicted octanol–water partition coefficient (Wildman–Crippen LogP) is 2.91. The van der Waals surface area contributed by atoms with E-state index >= 15 is 0 Å². The number of esters is 1. The molecule has 6 nitrogen and oxygen atoms in total. The lowest BCUT2D eigenvalue weighted by Crippen LogP contribution is -2.59. The summed E-state index contributed by atoms with van der Waals surface area (Å²) in [5.41, 5.74) is 1.23. The van der Waals surface area contributed by atoms with Gasteiger partial charge in [-0.15, -0.1) is 0 Å². The summed E-state index contributed by atoms with van der Waals surface area (Å²) in [4.78, 5) is 12.8. The molecule has 0 aromatic heterocycles. The fourth-order valence-electron chi connectivity index (χ4n) is 6.34. The highest BCUT2D eigenvalue weighted by atomic mass is 16.5. The van der Waals surface area contributed by atoms with E-state index in [1.165, 1.54) is 6.07 Å². The van der Waals surface area contributed by atoms with Crippen molar-refractivity contribution in [3.05, 3.63) is 34.9 Å². The van der Waals surface area contributed by atoms with Crippen LogP contribution in [0.25, 0.3) is 0 Å². The van der Waals surface area contributed by atoms with Crippen molar-refractivity contribution in [1.82, 2.24) is 0 Å². The van der Waals surface area contributed by atoms with E-state index in [4.69, 9.17) is 4.74 Å². The third-order valence-electron chi connectivity index (χ3n) is 7.68. The number of carbonyl (C=O) groups excluding carboxylic acids is 1. The first-order valence-corrected chi connectivity index (χ1v) is 10.3. The zero-order chi connectivity index (χ0) is 21.1. The number of allylic oxidation sites excluding steroid dienone is 1. The molecule has 3 aliphatic rings. The normalized spacial score (nSPS) is 37.9. The van der Waals surface area contributed by atoms with Gasteiger partial charge in [0, 0.05) is 18.6 Å². The number of rotatable bonds is 4. The standard InChI is InChI=1S/C23H30O6/c1-12-4-15(26)6-17(27)19(12)21(28)29-18-9-23(3)16-8-22(2,11-25)7-13(16)5-14(10-24)20(18)23/h4-6,13,16,18,20,24-27H,7-11H2,1-3H3/t13-,16?,18-,20-,22+,23-/m1/s1. The van der Waals surface area contributed by atoms with Gasteiger partial charge in [-0.05, 0) is 66.1 Å². The van der Waals surface area contributed by atoms with E-state index in [0.717, 1.165) is 24.5 Å². The van der Waals surface area contributed by atoms with E-state index in [2.05, 4.69) is 19.9 Å². The van der Waals surface area contributed by atoms with Crippen molar-refractivity contribution in [3.63, 3.8) is 0 Å². The van der Waals surface area contributed by atoms with Crippen molar-refractivity contribution >= 4 is 5.97 Å². The lowest BCUT2D eigenvalue weighted by molar-refractivity contribution is -0.134. The Hall–Kier alpha value is -2.05. The number of phenols is 2. The van der Waals surface area contributed by atoms with Gasteiger partial charge < -0.3 is 25.2 Å². The molecule has 0 radical (unpaired) electrons. The van der Waals surface area contributed by atoms with Crippen LogP contribution in [0.4, 0.5) is 0 Å². The van der Waals surface area contributed by atoms with Gasteiger partial charge in [-0.3, -0.25) is 0 Å². The second-order valence-electron chi connectivity index (χ2n) is 9.84. The topological polar surface area (TPSA) is 107 Å². The van der Waals surface area contributed by atoms with E-state index < -0.39 is 5.97 Å². The van der Waals surface area contributed by atoms with Gasteiger partial charge in [0.2, 0.25) is 0 Å². The Morgan fingerprint density at radius 3 is 2.52 bits per heavy atom. The lowest BCUT2D eigenvalue weighted by atomic mass is 9.47. The molecule has 2 fully saturated rings. The molecule has 6 atom stereocenters. The summed E-state index contributed by atoms with van der Waals surface area (Å²) in [6.07, 6.45) is 4.31. The highest BCUT2D eigenvalue weighted by molar-refractivity contribution is 5.94. The fourth-order valence-corrected chi connectivity index (χ4v) is 6.34. The first-order chi connectivity index (χ1) is 13.6. The highest BCUT2D eigenvalue weighted by Gasteiger charge is 2.63. The summed E-state index contributed by atoms with van der Waals surface area (Å²) in [5.74, 6) is -0.360. The van der Waals surface area contributed by atoms with Crippen LogP contribution in [0.3, 0.4) is 0 Å². The molecule has 0 amide bonds. The molecule has 1 aromatic carbocycles. The average molecular weight is 402 g/mol. The van der Waals surface area contributed by atoms with Crippen molar-refractivity contribution in [2.45, 2.75) is 46.1 Å². The van der Waals surface area contributed by atoms with E-state index in [0.29, 0.717) is 23.8 Å². The molecule has 0 heterocycles. The lowest BCUT2D eigenvalue weighted by Gasteiger charge is -2.60. The largest absolute Gasteiger partial charge is 0.508 e. The fraction of sp³-hybridized carbons (Fsp3) is 0.609. The van der Waals surface area contributed by atoms with Crippen LogP contribution < -0.4 is 0 Å². The van der Waals surface area contributed by atoms with Crippen molar-refractivity contribution in [2.24, 2.45) is 28.6 Å². The number of aliphatic hydroxyl groups excluding tert-OH is 2. The molecule has 4 rings (SSSR count). The Kier molecular flexibility index (Phi) is 4.70. The molecule has 29 heavy (non-hydrogen) atoms. The Labute approximate surface area is 170 Å². The van der Waals surface area contributed by atoms with Gasteiger partial charge in [0.05, 0.1) is 6.61 Å². The minimum atomic E-state index is -0.613. The van der Waals surface area contributed by atoms with Gasteiger partial charge in [0.15, 0.2) is 0 Å². The second-order valence-corrected chi connectivity index (χ2v) is 9.84. The SMILES string of the molecule is Cc1cc(O)cc(O)c1C(=O)O[C@@H]1C[C@]2(C)C3C[C@@](C)(CO)C[C@H]3C=C(CO)[C@H]12. The quantitative estimate of drug-likeness (QED) is 0.456. The minimum Gasteiger partial charge on any atom is -0.508 e. The molecule has 0 aliphatic heterocycles. The van der Waals surface area contributed by atoms with Crippen LogP contribution in [0, 0.1) is 35.5 Å². The van der Waals surface area contributed by atoms with Gasteiger partial charge in [-0.25, -0.2) is 4.79 Å². The van der Waals surface area contributed by atoms with Crippen LogP contribution in [0.15, 0.2) is 23.8 Å². The monoisotopic (exact) mass is 402 g/mol. The maximum atomic E-state index is 12.8. The highest BCUT2D eigenvalue weighted by Crippen LogP contribution is 2.66. The summed E-state index contributed by atoms with van der Waals surface area (Å²) in [5, 5.41) is 39.5. The molecule has 4 N–H and O–H groups in total. The Morgan fingerprint density at radius 2 is 1.90 bits per heavy atom. The Morgan fingerprint density at radius 1 is 1.17 bits per heavy atom. The number of carbonyl (C=O) groups is 1. The van der Waals surface area contributed by atoms with Gasteiger partial charge in [-0.2, -0.15) is 0 Å². The van der Waals surface area contributed by atoms with Gasteiger partial charge in [0.25, 0.3) is 0 Å². The van der Waals surface area contributed by atoms with Crippen molar-refractivity contribution in [1.29, 1.82) is 0 Å². The number of aromatic hydroxyl groups is 2. The number of ether oxygens (including phenoxy) is 1. The van der Waals surface area contributed by atoms with Crippen molar-refractivity contribution in [2.75, 3.05) is 13.2 Å². The second kappa shape index (κ2) is 6.74. The molecule has 2 saturated carbocycles. The molecule has 6 heteroatoms. The van der Waals surface area contributed by atoms with Gasteiger partial charge in [-0.1, -0.05) is 19.9 Å². The molecule has 1 aromatic rings. The maximum absolute atomic E-state index is 12.8. The molecule has 0 saturated heterocycles. The number of fused-ring (bicyclic) bond motifs is 3.